The highest BCUT2D eigenvalue weighted by Gasteiger charge is 2.17. The van der Waals surface area contributed by atoms with Crippen molar-refractivity contribution in [2.75, 3.05) is 13.2 Å². The van der Waals surface area contributed by atoms with Crippen molar-refractivity contribution in [2.24, 2.45) is 5.73 Å². The van der Waals surface area contributed by atoms with Crippen LogP contribution in [0.15, 0.2) is 30.4 Å². The maximum absolute atomic E-state index is 11.4. The van der Waals surface area contributed by atoms with Gasteiger partial charge in [-0.1, -0.05) is 25.1 Å². The number of ether oxygens (including phenoxy) is 1. The molecule has 1 heterocycles. The lowest BCUT2D eigenvalue weighted by molar-refractivity contribution is -0.138. The van der Waals surface area contributed by atoms with Crippen LogP contribution in [-0.2, 0) is 16.1 Å². The molecule has 1 atom stereocenters. The number of fused-ring (bicyclic) bond motifs is 1. The van der Waals surface area contributed by atoms with Crippen LogP contribution in [-0.4, -0.2) is 19.1 Å². The quantitative estimate of drug-likeness (QED) is 0.595. The Kier molecular flexibility index (Phi) is 5.78. The van der Waals surface area contributed by atoms with E-state index in [1.54, 1.807) is 6.92 Å². The summed E-state index contributed by atoms with van der Waals surface area (Å²) in [5.74, 6) is 0.805. The van der Waals surface area contributed by atoms with Gasteiger partial charge in [0, 0.05) is 19.4 Å². The zero-order chi connectivity index (χ0) is 15.1. The Bertz CT molecular complexity index is 514. The predicted octanol–water partition coefficient (Wildman–Crippen LogP) is 2.03. The molecule has 1 aliphatic rings. The Morgan fingerprint density at radius 1 is 1.52 bits per heavy atom. The molecule has 0 aliphatic carbocycles. The Balaban J connectivity index is 2.09. The highest BCUT2D eigenvalue weighted by Crippen LogP contribution is 2.30. The second-order valence-corrected chi connectivity index (χ2v) is 4.89. The average molecular weight is 290 g/mol. The van der Waals surface area contributed by atoms with E-state index in [0.29, 0.717) is 19.4 Å². The Hall–Kier alpha value is -1.85. The van der Waals surface area contributed by atoms with Crippen molar-refractivity contribution in [1.82, 2.24) is 5.48 Å². The van der Waals surface area contributed by atoms with E-state index in [-0.39, 0.29) is 12.0 Å². The summed E-state index contributed by atoms with van der Waals surface area (Å²) in [7, 11) is 0. The molecular formula is C16H22N2O3. The first-order chi connectivity index (χ1) is 10.2. The topological polar surface area (TPSA) is 73.6 Å². The lowest BCUT2D eigenvalue weighted by Gasteiger charge is -2.17. The van der Waals surface area contributed by atoms with Crippen LogP contribution < -0.4 is 16.0 Å². The third kappa shape index (κ3) is 4.31. The standard InChI is InChI=1S/C16H22N2O3/c1-2-16(19)18-21-15(5-3-4-9-17)12-6-7-14-13(11-12)8-10-20-14/h3-4,6-7,11,15H,2,5,8-10,17H2,1H3,(H,18,19)/b4-3+/t15-/m0/s1. The fourth-order valence-corrected chi connectivity index (χ4v) is 2.18. The van der Waals surface area contributed by atoms with Crippen LogP contribution >= 0.6 is 0 Å². The van der Waals surface area contributed by atoms with Crippen LogP contribution in [0.5, 0.6) is 5.75 Å². The molecule has 0 radical (unpaired) electrons. The van der Waals surface area contributed by atoms with E-state index in [9.17, 15) is 4.79 Å². The predicted molar refractivity (Wildman–Crippen MR) is 80.7 cm³/mol. The van der Waals surface area contributed by atoms with Crippen LogP contribution in [0, 0.1) is 0 Å². The number of carbonyl (C=O) groups is 1. The van der Waals surface area contributed by atoms with Crippen molar-refractivity contribution in [1.29, 1.82) is 0 Å². The van der Waals surface area contributed by atoms with Gasteiger partial charge < -0.3 is 10.5 Å². The average Bonchev–Trinajstić information content (AvgIpc) is 2.97. The fourth-order valence-electron chi connectivity index (χ4n) is 2.18. The lowest BCUT2D eigenvalue weighted by Crippen LogP contribution is -2.25. The van der Waals surface area contributed by atoms with Gasteiger partial charge in [-0.05, 0) is 29.7 Å². The minimum atomic E-state index is -0.228. The third-order valence-corrected chi connectivity index (χ3v) is 3.37. The van der Waals surface area contributed by atoms with Crippen LogP contribution in [0.4, 0.5) is 0 Å². The molecule has 0 aromatic heterocycles. The Morgan fingerprint density at radius 2 is 2.38 bits per heavy atom. The lowest BCUT2D eigenvalue weighted by atomic mass is 10.0. The van der Waals surface area contributed by atoms with E-state index in [4.69, 9.17) is 15.3 Å². The SMILES string of the molecule is CCC(=O)NO[C@@H](C/C=C/CN)c1ccc2c(c1)CCO2. The number of rotatable bonds is 7. The number of hydrogen-bond acceptors (Lipinski definition) is 4. The minimum absolute atomic E-state index is 0.132. The maximum atomic E-state index is 11.4. The molecule has 5 heteroatoms. The summed E-state index contributed by atoms with van der Waals surface area (Å²) < 4.78 is 5.51. The van der Waals surface area contributed by atoms with Crippen LogP contribution in [0.3, 0.4) is 0 Å². The van der Waals surface area contributed by atoms with E-state index in [1.165, 1.54) is 5.56 Å². The first-order valence-electron chi connectivity index (χ1n) is 7.29. The molecule has 0 bridgehead atoms. The summed E-state index contributed by atoms with van der Waals surface area (Å²) in [5, 5.41) is 0. The number of amides is 1. The normalized spacial score (nSPS) is 14.8. The number of nitrogens with two attached hydrogens (primary N) is 1. The summed E-state index contributed by atoms with van der Waals surface area (Å²) in [6, 6.07) is 6.02. The Labute approximate surface area is 125 Å². The van der Waals surface area contributed by atoms with E-state index in [2.05, 4.69) is 11.5 Å². The van der Waals surface area contributed by atoms with Crippen molar-refractivity contribution < 1.29 is 14.4 Å². The molecule has 114 valence electrons. The zero-order valence-electron chi connectivity index (χ0n) is 12.3. The smallest absolute Gasteiger partial charge is 0.243 e. The second-order valence-electron chi connectivity index (χ2n) is 4.89. The van der Waals surface area contributed by atoms with E-state index < -0.39 is 0 Å². The monoisotopic (exact) mass is 290 g/mol. The first-order valence-corrected chi connectivity index (χ1v) is 7.29. The van der Waals surface area contributed by atoms with Gasteiger partial charge in [-0.15, -0.1) is 0 Å². The molecule has 2 rings (SSSR count). The number of carbonyl (C=O) groups excluding carboxylic acids is 1. The van der Waals surface area contributed by atoms with Crippen LogP contribution in [0.1, 0.15) is 37.0 Å². The van der Waals surface area contributed by atoms with Crippen LogP contribution in [0.2, 0.25) is 0 Å². The summed E-state index contributed by atoms with van der Waals surface area (Å²) in [6.45, 7) is 3.00. The first kappa shape index (κ1) is 15.5. The summed E-state index contributed by atoms with van der Waals surface area (Å²) in [4.78, 5) is 16.9. The summed E-state index contributed by atoms with van der Waals surface area (Å²) in [5.41, 5.74) is 10.2. The molecule has 0 saturated carbocycles. The van der Waals surface area contributed by atoms with Gasteiger partial charge in [0.1, 0.15) is 11.9 Å². The molecule has 0 unspecified atom stereocenters. The highest BCUT2D eigenvalue weighted by atomic mass is 16.7. The van der Waals surface area contributed by atoms with Gasteiger partial charge in [-0.25, -0.2) is 5.48 Å². The molecule has 0 saturated heterocycles. The molecule has 1 amide bonds. The third-order valence-electron chi connectivity index (χ3n) is 3.37. The van der Waals surface area contributed by atoms with Crippen molar-refractivity contribution >= 4 is 5.91 Å². The van der Waals surface area contributed by atoms with Crippen LogP contribution in [0.25, 0.3) is 0 Å². The molecule has 1 aliphatic heterocycles. The van der Waals surface area contributed by atoms with Crippen molar-refractivity contribution in [3.05, 3.63) is 41.5 Å². The Morgan fingerprint density at radius 3 is 3.14 bits per heavy atom. The van der Waals surface area contributed by atoms with Gasteiger partial charge in [0.2, 0.25) is 5.91 Å². The number of hydroxylamine groups is 1. The number of benzene rings is 1. The zero-order valence-corrected chi connectivity index (χ0v) is 12.3. The second kappa shape index (κ2) is 7.81. The van der Waals surface area contributed by atoms with E-state index >= 15 is 0 Å². The largest absolute Gasteiger partial charge is 0.493 e. The van der Waals surface area contributed by atoms with Gasteiger partial charge >= 0.3 is 0 Å². The van der Waals surface area contributed by atoms with Gasteiger partial charge in [0.05, 0.1) is 6.61 Å². The van der Waals surface area contributed by atoms with Gasteiger partial charge in [-0.2, -0.15) is 0 Å². The molecule has 21 heavy (non-hydrogen) atoms. The number of hydrogen-bond donors (Lipinski definition) is 2. The van der Waals surface area contributed by atoms with Crippen molar-refractivity contribution in [3.8, 4) is 5.75 Å². The maximum Gasteiger partial charge on any atom is 0.243 e. The van der Waals surface area contributed by atoms with E-state index in [0.717, 1.165) is 24.3 Å². The molecule has 5 nitrogen and oxygen atoms in total. The molecule has 3 N–H and O–H groups in total. The summed E-state index contributed by atoms with van der Waals surface area (Å²) in [6.07, 6.45) is 5.58. The molecule has 1 aromatic carbocycles. The molecule has 1 aromatic rings. The van der Waals surface area contributed by atoms with Crippen molar-refractivity contribution in [3.63, 3.8) is 0 Å². The van der Waals surface area contributed by atoms with E-state index in [1.807, 2.05) is 24.3 Å². The minimum Gasteiger partial charge on any atom is -0.493 e. The number of nitrogens with one attached hydrogen (secondary N) is 1. The van der Waals surface area contributed by atoms with Gasteiger partial charge in [0.25, 0.3) is 0 Å². The fraction of sp³-hybridized carbons (Fsp3) is 0.438. The highest BCUT2D eigenvalue weighted by molar-refractivity contribution is 5.74. The van der Waals surface area contributed by atoms with Gasteiger partial charge in [-0.3, -0.25) is 9.63 Å². The molecular weight excluding hydrogens is 268 g/mol. The van der Waals surface area contributed by atoms with Crippen molar-refractivity contribution in [2.45, 2.75) is 32.3 Å². The van der Waals surface area contributed by atoms with Gasteiger partial charge in [0.15, 0.2) is 0 Å². The molecule has 0 spiro atoms. The summed E-state index contributed by atoms with van der Waals surface area (Å²) >= 11 is 0. The molecule has 0 fully saturated rings.